The summed E-state index contributed by atoms with van der Waals surface area (Å²) in [6, 6.07) is 0.749. The molecule has 0 radical (unpaired) electrons. The molecule has 0 amide bonds. The van der Waals surface area contributed by atoms with Crippen molar-refractivity contribution in [1.29, 1.82) is 0 Å². The fraction of sp³-hybridized carbons (Fsp3) is 1.00. The molecule has 0 aromatic carbocycles. The monoisotopic (exact) mass is 237 g/mol. The molecule has 2 saturated heterocycles. The molecule has 17 heavy (non-hydrogen) atoms. The van der Waals surface area contributed by atoms with Gasteiger partial charge in [0.1, 0.15) is 0 Å². The zero-order valence-corrected chi connectivity index (χ0v) is 11.0. The second-order valence-electron chi connectivity index (χ2n) is 6.38. The minimum atomic E-state index is 0.273. The SMILES string of the molecule is NCC1(NC2CCCCC2)CCN2CCC1C2. The number of hydrogen-bond donors (Lipinski definition) is 2. The lowest BCUT2D eigenvalue weighted by atomic mass is 9.77. The average molecular weight is 237 g/mol. The predicted octanol–water partition coefficient (Wildman–Crippen LogP) is 1.33. The molecular formula is C14H27N3. The molecule has 3 aliphatic rings. The number of rotatable bonds is 3. The van der Waals surface area contributed by atoms with Gasteiger partial charge in [0.25, 0.3) is 0 Å². The summed E-state index contributed by atoms with van der Waals surface area (Å²) in [5, 5.41) is 4.00. The lowest BCUT2D eigenvalue weighted by molar-refractivity contribution is 0.115. The number of fused-ring (bicyclic) bond motifs is 2. The largest absolute Gasteiger partial charge is 0.329 e. The second-order valence-corrected chi connectivity index (χ2v) is 6.38. The van der Waals surface area contributed by atoms with Gasteiger partial charge in [0, 0.05) is 24.7 Å². The van der Waals surface area contributed by atoms with E-state index < -0.39 is 0 Å². The summed E-state index contributed by atoms with van der Waals surface area (Å²) in [6.45, 7) is 4.69. The van der Waals surface area contributed by atoms with Gasteiger partial charge in [-0.15, -0.1) is 0 Å². The first-order chi connectivity index (χ1) is 8.32. The second kappa shape index (κ2) is 4.87. The van der Waals surface area contributed by atoms with Crippen molar-refractivity contribution in [2.75, 3.05) is 26.2 Å². The highest BCUT2D eigenvalue weighted by Gasteiger charge is 2.45. The normalized spacial score (nSPS) is 42.9. The van der Waals surface area contributed by atoms with E-state index in [4.69, 9.17) is 5.73 Å². The van der Waals surface area contributed by atoms with Crippen LogP contribution < -0.4 is 11.1 Å². The molecular weight excluding hydrogens is 210 g/mol. The highest BCUT2D eigenvalue weighted by molar-refractivity contribution is 5.05. The maximum absolute atomic E-state index is 6.16. The van der Waals surface area contributed by atoms with Gasteiger partial charge in [-0.05, 0) is 44.7 Å². The zero-order chi connectivity index (χ0) is 11.7. The lowest BCUT2D eigenvalue weighted by Crippen LogP contribution is -2.63. The topological polar surface area (TPSA) is 41.3 Å². The summed E-state index contributed by atoms with van der Waals surface area (Å²) >= 11 is 0. The van der Waals surface area contributed by atoms with E-state index in [9.17, 15) is 0 Å². The van der Waals surface area contributed by atoms with Crippen LogP contribution in [0, 0.1) is 5.92 Å². The van der Waals surface area contributed by atoms with E-state index in [2.05, 4.69) is 10.2 Å². The Hall–Kier alpha value is -0.120. The first kappa shape index (κ1) is 11.9. The molecule has 0 spiro atoms. The van der Waals surface area contributed by atoms with Crippen molar-refractivity contribution < 1.29 is 0 Å². The van der Waals surface area contributed by atoms with Crippen LogP contribution in [0.15, 0.2) is 0 Å². The zero-order valence-electron chi connectivity index (χ0n) is 11.0. The standard InChI is InChI=1S/C14H27N3/c15-11-14(16-13-4-2-1-3-5-13)7-9-17-8-6-12(14)10-17/h12-13,16H,1-11,15H2. The minimum absolute atomic E-state index is 0.273. The third-order valence-electron chi connectivity index (χ3n) is 5.39. The average Bonchev–Trinajstić information content (AvgIpc) is 2.79. The van der Waals surface area contributed by atoms with Crippen LogP contribution in [0.1, 0.15) is 44.9 Å². The summed E-state index contributed by atoms with van der Waals surface area (Å²) in [6.07, 6.45) is 9.63. The van der Waals surface area contributed by atoms with Crippen molar-refractivity contribution in [3.05, 3.63) is 0 Å². The molecule has 3 N–H and O–H groups in total. The van der Waals surface area contributed by atoms with Crippen LogP contribution in [0.4, 0.5) is 0 Å². The van der Waals surface area contributed by atoms with Crippen LogP contribution in [0.25, 0.3) is 0 Å². The van der Waals surface area contributed by atoms with Gasteiger partial charge in [-0.3, -0.25) is 0 Å². The maximum atomic E-state index is 6.16. The number of nitrogens with one attached hydrogen (secondary N) is 1. The molecule has 1 saturated carbocycles. The van der Waals surface area contributed by atoms with Crippen molar-refractivity contribution >= 4 is 0 Å². The van der Waals surface area contributed by atoms with E-state index in [1.54, 1.807) is 0 Å². The van der Waals surface area contributed by atoms with Gasteiger partial charge in [-0.2, -0.15) is 0 Å². The van der Waals surface area contributed by atoms with Crippen LogP contribution in [-0.4, -0.2) is 42.7 Å². The molecule has 2 aliphatic heterocycles. The Kier molecular flexibility index (Phi) is 3.42. The van der Waals surface area contributed by atoms with Gasteiger partial charge in [0.2, 0.25) is 0 Å². The Morgan fingerprint density at radius 1 is 1.12 bits per heavy atom. The van der Waals surface area contributed by atoms with E-state index in [1.165, 1.54) is 64.6 Å². The summed E-state index contributed by atoms with van der Waals surface area (Å²) in [4.78, 5) is 2.61. The van der Waals surface area contributed by atoms with E-state index in [1.807, 2.05) is 0 Å². The van der Waals surface area contributed by atoms with Gasteiger partial charge >= 0.3 is 0 Å². The summed E-state index contributed by atoms with van der Waals surface area (Å²) < 4.78 is 0. The predicted molar refractivity (Wildman–Crippen MR) is 71.0 cm³/mol. The van der Waals surface area contributed by atoms with Crippen molar-refractivity contribution in [3.8, 4) is 0 Å². The maximum Gasteiger partial charge on any atom is 0.0359 e. The molecule has 3 unspecified atom stereocenters. The molecule has 0 aromatic heterocycles. The van der Waals surface area contributed by atoms with Gasteiger partial charge in [-0.1, -0.05) is 19.3 Å². The van der Waals surface area contributed by atoms with Crippen LogP contribution >= 0.6 is 0 Å². The molecule has 3 atom stereocenters. The third-order valence-corrected chi connectivity index (χ3v) is 5.39. The fourth-order valence-electron chi connectivity index (χ4n) is 4.22. The van der Waals surface area contributed by atoms with E-state index in [-0.39, 0.29) is 5.54 Å². The molecule has 3 fully saturated rings. The Bertz CT molecular complexity index is 262. The Balaban J connectivity index is 1.68. The molecule has 2 bridgehead atoms. The smallest absolute Gasteiger partial charge is 0.0359 e. The summed E-state index contributed by atoms with van der Waals surface area (Å²) in [7, 11) is 0. The van der Waals surface area contributed by atoms with Crippen molar-refractivity contribution in [1.82, 2.24) is 10.2 Å². The Morgan fingerprint density at radius 2 is 1.94 bits per heavy atom. The number of nitrogens with two attached hydrogens (primary N) is 1. The molecule has 3 heteroatoms. The molecule has 1 aliphatic carbocycles. The summed E-state index contributed by atoms with van der Waals surface area (Å²) in [5.41, 5.74) is 6.43. The summed E-state index contributed by atoms with van der Waals surface area (Å²) in [5.74, 6) is 0.808. The number of piperidine rings is 1. The highest BCUT2D eigenvalue weighted by Crippen LogP contribution is 2.36. The van der Waals surface area contributed by atoms with Crippen molar-refractivity contribution in [3.63, 3.8) is 0 Å². The first-order valence-electron chi connectivity index (χ1n) is 7.52. The van der Waals surface area contributed by atoms with Gasteiger partial charge in [0.05, 0.1) is 0 Å². The van der Waals surface area contributed by atoms with E-state index in [0.29, 0.717) is 0 Å². The molecule has 3 nitrogen and oxygen atoms in total. The van der Waals surface area contributed by atoms with Crippen molar-refractivity contribution in [2.24, 2.45) is 11.7 Å². The first-order valence-corrected chi connectivity index (χ1v) is 7.52. The molecule has 0 aromatic rings. The molecule has 98 valence electrons. The number of hydrogen-bond acceptors (Lipinski definition) is 3. The number of nitrogens with zero attached hydrogens (tertiary/aromatic N) is 1. The lowest BCUT2D eigenvalue weighted by Gasteiger charge is -2.46. The van der Waals surface area contributed by atoms with Crippen LogP contribution in [0.5, 0.6) is 0 Å². The van der Waals surface area contributed by atoms with Gasteiger partial charge < -0.3 is 16.0 Å². The fourth-order valence-corrected chi connectivity index (χ4v) is 4.22. The minimum Gasteiger partial charge on any atom is -0.329 e. The van der Waals surface area contributed by atoms with Crippen LogP contribution in [0.2, 0.25) is 0 Å². The van der Waals surface area contributed by atoms with Gasteiger partial charge in [0.15, 0.2) is 0 Å². The highest BCUT2D eigenvalue weighted by atomic mass is 15.2. The quantitative estimate of drug-likeness (QED) is 0.778. The van der Waals surface area contributed by atoms with E-state index >= 15 is 0 Å². The molecule has 3 rings (SSSR count). The Morgan fingerprint density at radius 3 is 2.71 bits per heavy atom. The molecule has 2 heterocycles. The van der Waals surface area contributed by atoms with Crippen molar-refractivity contribution in [2.45, 2.75) is 56.5 Å². The van der Waals surface area contributed by atoms with Gasteiger partial charge in [-0.25, -0.2) is 0 Å². The van der Waals surface area contributed by atoms with Crippen LogP contribution in [0.3, 0.4) is 0 Å². The Labute approximate surface area is 105 Å². The van der Waals surface area contributed by atoms with Crippen LogP contribution in [-0.2, 0) is 0 Å². The van der Waals surface area contributed by atoms with E-state index in [0.717, 1.165) is 18.5 Å². The third kappa shape index (κ3) is 2.25.